The lowest BCUT2D eigenvalue weighted by atomic mass is 9.81. The van der Waals surface area contributed by atoms with Crippen molar-refractivity contribution in [2.45, 2.75) is 25.7 Å². The number of rotatable bonds is 3. The van der Waals surface area contributed by atoms with Crippen molar-refractivity contribution in [2.24, 2.45) is 0 Å². The molecule has 0 aliphatic heterocycles. The molecule has 0 saturated carbocycles. The first-order valence-electron chi connectivity index (χ1n) is 4.61. The Morgan fingerprint density at radius 3 is 2.44 bits per heavy atom. The Labute approximate surface area is 96.8 Å². The van der Waals surface area contributed by atoms with Crippen molar-refractivity contribution in [1.29, 1.82) is 0 Å². The summed E-state index contributed by atoms with van der Waals surface area (Å²) in [5.74, 6) is -3.19. The van der Waals surface area contributed by atoms with Crippen LogP contribution in [0.2, 0.25) is 5.02 Å². The zero-order chi connectivity index (χ0) is 12.5. The van der Waals surface area contributed by atoms with Crippen LogP contribution in [0.25, 0.3) is 0 Å². The Hall–Kier alpha value is -1.16. The predicted octanol–water partition coefficient (Wildman–Crippen LogP) is 3.37. The number of carboxylic acids is 1. The summed E-state index contributed by atoms with van der Waals surface area (Å²) in [5, 5.41) is 8.36. The summed E-state index contributed by atoms with van der Waals surface area (Å²) in [4.78, 5) is 10.6. The highest BCUT2D eigenvalue weighted by Crippen LogP contribution is 2.31. The van der Waals surface area contributed by atoms with E-state index in [1.165, 1.54) is 6.07 Å². The second-order valence-corrected chi connectivity index (χ2v) is 4.62. The Balaban J connectivity index is 3.18. The van der Waals surface area contributed by atoms with Crippen LogP contribution in [0.3, 0.4) is 0 Å². The Kier molecular flexibility index (Phi) is 3.53. The molecule has 0 radical (unpaired) electrons. The summed E-state index contributed by atoms with van der Waals surface area (Å²) in [6, 6.07) is 2.23. The molecule has 0 atom stereocenters. The molecule has 0 amide bonds. The lowest BCUT2D eigenvalue weighted by Crippen LogP contribution is -2.22. The van der Waals surface area contributed by atoms with Gasteiger partial charge in [-0.3, -0.25) is 4.79 Å². The van der Waals surface area contributed by atoms with Crippen LogP contribution in [0.5, 0.6) is 0 Å². The summed E-state index contributed by atoms with van der Waals surface area (Å²) < 4.78 is 26.0. The third kappa shape index (κ3) is 2.70. The van der Waals surface area contributed by atoms with Gasteiger partial charge in [0.05, 0.1) is 11.4 Å². The molecule has 0 bridgehead atoms. The van der Waals surface area contributed by atoms with Crippen molar-refractivity contribution in [3.05, 3.63) is 34.4 Å². The topological polar surface area (TPSA) is 37.3 Å². The van der Waals surface area contributed by atoms with E-state index in [2.05, 4.69) is 0 Å². The van der Waals surface area contributed by atoms with Gasteiger partial charge in [-0.05, 0) is 17.7 Å². The quantitative estimate of drug-likeness (QED) is 0.833. The van der Waals surface area contributed by atoms with Gasteiger partial charge in [0.1, 0.15) is 0 Å². The van der Waals surface area contributed by atoms with E-state index in [9.17, 15) is 13.6 Å². The Bertz CT molecular complexity index is 407. The van der Waals surface area contributed by atoms with Crippen LogP contribution in [0, 0.1) is 11.6 Å². The van der Waals surface area contributed by atoms with Gasteiger partial charge in [0.15, 0.2) is 11.6 Å². The molecule has 16 heavy (non-hydrogen) atoms. The predicted molar refractivity (Wildman–Crippen MR) is 56.6 cm³/mol. The van der Waals surface area contributed by atoms with Gasteiger partial charge < -0.3 is 5.11 Å². The molecule has 0 aliphatic carbocycles. The van der Waals surface area contributed by atoms with Crippen molar-refractivity contribution in [3.8, 4) is 0 Å². The summed E-state index contributed by atoms with van der Waals surface area (Å²) in [6.45, 7) is 3.26. The number of carboxylic acid groups (broad SMARTS) is 1. The highest BCUT2D eigenvalue weighted by Gasteiger charge is 2.26. The number of benzene rings is 1. The molecular formula is C11H11ClF2O2. The highest BCUT2D eigenvalue weighted by atomic mass is 35.5. The van der Waals surface area contributed by atoms with Gasteiger partial charge in [-0.2, -0.15) is 0 Å². The number of aliphatic carboxylic acids is 1. The molecule has 0 aromatic heterocycles. The van der Waals surface area contributed by atoms with Gasteiger partial charge in [-0.15, -0.1) is 0 Å². The molecular weight excluding hydrogens is 238 g/mol. The molecule has 2 nitrogen and oxygen atoms in total. The number of halogens is 3. The van der Waals surface area contributed by atoms with E-state index >= 15 is 0 Å². The Morgan fingerprint density at radius 2 is 2.00 bits per heavy atom. The minimum atomic E-state index is -1.11. The van der Waals surface area contributed by atoms with Crippen LogP contribution >= 0.6 is 11.6 Å². The average Bonchev–Trinajstić information content (AvgIpc) is 2.11. The normalized spacial score (nSPS) is 11.6. The molecule has 0 spiro atoms. The SMILES string of the molecule is CC(C)(CC(=O)O)c1cc(F)c(F)c(Cl)c1. The molecule has 0 heterocycles. The first-order valence-corrected chi connectivity index (χ1v) is 4.98. The third-order valence-electron chi connectivity index (χ3n) is 2.36. The van der Waals surface area contributed by atoms with Gasteiger partial charge in [0.2, 0.25) is 0 Å². The molecule has 5 heteroatoms. The molecule has 0 unspecified atom stereocenters. The fraction of sp³-hybridized carbons (Fsp3) is 0.364. The number of hydrogen-bond donors (Lipinski definition) is 1. The molecule has 0 saturated heterocycles. The standard InChI is InChI=1S/C11H11ClF2O2/c1-11(2,5-9(15)16)6-3-7(12)10(14)8(13)4-6/h3-4H,5H2,1-2H3,(H,15,16). The van der Waals surface area contributed by atoms with Gasteiger partial charge in [0.25, 0.3) is 0 Å². The molecule has 1 rings (SSSR count). The third-order valence-corrected chi connectivity index (χ3v) is 2.63. The van der Waals surface area contributed by atoms with Gasteiger partial charge >= 0.3 is 5.97 Å². The van der Waals surface area contributed by atoms with E-state index in [1.807, 2.05) is 0 Å². The van der Waals surface area contributed by atoms with E-state index < -0.39 is 23.0 Å². The monoisotopic (exact) mass is 248 g/mol. The fourth-order valence-corrected chi connectivity index (χ4v) is 1.63. The second-order valence-electron chi connectivity index (χ2n) is 4.21. The van der Waals surface area contributed by atoms with Crippen molar-refractivity contribution in [3.63, 3.8) is 0 Å². The van der Waals surface area contributed by atoms with Gasteiger partial charge in [-0.1, -0.05) is 25.4 Å². The van der Waals surface area contributed by atoms with Crippen LogP contribution in [0.4, 0.5) is 8.78 Å². The highest BCUT2D eigenvalue weighted by molar-refractivity contribution is 6.30. The molecule has 0 aliphatic rings. The summed E-state index contributed by atoms with van der Waals surface area (Å²) in [5.41, 5.74) is -0.442. The first-order chi connectivity index (χ1) is 7.24. The lowest BCUT2D eigenvalue weighted by molar-refractivity contribution is -0.138. The number of hydrogen-bond acceptors (Lipinski definition) is 1. The summed E-state index contributed by atoms with van der Waals surface area (Å²) in [7, 11) is 0. The lowest BCUT2D eigenvalue weighted by Gasteiger charge is -2.23. The van der Waals surface area contributed by atoms with E-state index in [1.54, 1.807) is 13.8 Å². The zero-order valence-electron chi connectivity index (χ0n) is 8.85. The van der Waals surface area contributed by atoms with Crippen LogP contribution in [0.15, 0.2) is 12.1 Å². The zero-order valence-corrected chi connectivity index (χ0v) is 9.61. The molecule has 1 aromatic carbocycles. The van der Waals surface area contributed by atoms with Crippen LogP contribution in [-0.2, 0) is 10.2 Å². The van der Waals surface area contributed by atoms with Crippen LogP contribution in [-0.4, -0.2) is 11.1 Å². The minimum absolute atomic E-state index is 0.186. The van der Waals surface area contributed by atoms with E-state index in [4.69, 9.17) is 16.7 Å². The van der Waals surface area contributed by atoms with Crippen LogP contribution < -0.4 is 0 Å². The van der Waals surface area contributed by atoms with Crippen LogP contribution in [0.1, 0.15) is 25.8 Å². The molecule has 0 fully saturated rings. The molecule has 88 valence electrons. The Morgan fingerprint density at radius 1 is 1.44 bits per heavy atom. The smallest absolute Gasteiger partial charge is 0.304 e. The van der Waals surface area contributed by atoms with E-state index in [0.717, 1.165) is 6.07 Å². The van der Waals surface area contributed by atoms with E-state index in [-0.39, 0.29) is 11.4 Å². The van der Waals surface area contributed by atoms with Crippen molar-refractivity contribution >= 4 is 17.6 Å². The minimum Gasteiger partial charge on any atom is -0.481 e. The molecule has 1 N–H and O–H groups in total. The van der Waals surface area contributed by atoms with E-state index in [0.29, 0.717) is 5.56 Å². The first kappa shape index (κ1) is 12.9. The summed E-state index contributed by atoms with van der Waals surface area (Å²) >= 11 is 5.50. The maximum Gasteiger partial charge on any atom is 0.304 e. The van der Waals surface area contributed by atoms with Crippen molar-refractivity contribution in [2.75, 3.05) is 0 Å². The fourth-order valence-electron chi connectivity index (χ4n) is 1.43. The van der Waals surface area contributed by atoms with Gasteiger partial charge in [0, 0.05) is 5.41 Å². The number of carbonyl (C=O) groups is 1. The largest absolute Gasteiger partial charge is 0.481 e. The summed E-state index contributed by atoms with van der Waals surface area (Å²) in [6.07, 6.45) is -0.186. The second kappa shape index (κ2) is 4.37. The maximum absolute atomic E-state index is 13.1. The van der Waals surface area contributed by atoms with Crippen molar-refractivity contribution in [1.82, 2.24) is 0 Å². The van der Waals surface area contributed by atoms with Crippen molar-refractivity contribution < 1.29 is 18.7 Å². The average molecular weight is 249 g/mol. The molecule has 1 aromatic rings. The van der Waals surface area contributed by atoms with Gasteiger partial charge in [-0.25, -0.2) is 8.78 Å². The maximum atomic E-state index is 13.1.